The number of ether oxygens (including phenoxy) is 2. The SMILES string of the molecule is COc1ccc(CNCCNCCc2ccccc2Cl)c(OC)c1. The lowest BCUT2D eigenvalue weighted by Crippen LogP contribution is -2.28. The largest absolute Gasteiger partial charge is 0.497 e. The van der Waals surface area contributed by atoms with E-state index in [9.17, 15) is 0 Å². The Balaban J connectivity index is 1.64. The van der Waals surface area contributed by atoms with Crippen LogP contribution in [-0.4, -0.2) is 33.9 Å². The molecular formula is C19H25ClN2O2. The van der Waals surface area contributed by atoms with Gasteiger partial charge in [0.2, 0.25) is 0 Å². The molecule has 0 aliphatic carbocycles. The highest BCUT2D eigenvalue weighted by molar-refractivity contribution is 6.31. The average Bonchev–Trinajstić information content (AvgIpc) is 2.62. The van der Waals surface area contributed by atoms with E-state index in [4.69, 9.17) is 21.1 Å². The molecule has 2 N–H and O–H groups in total. The lowest BCUT2D eigenvalue weighted by Gasteiger charge is -2.11. The molecule has 0 unspecified atom stereocenters. The fraction of sp³-hybridized carbons (Fsp3) is 0.368. The van der Waals surface area contributed by atoms with Gasteiger partial charge in [-0.25, -0.2) is 0 Å². The van der Waals surface area contributed by atoms with Gasteiger partial charge in [-0.05, 0) is 30.7 Å². The third kappa shape index (κ3) is 5.71. The van der Waals surface area contributed by atoms with Gasteiger partial charge in [0.25, 0.3) is 0 Å². The maximum absolute atomic E-state index is 6.14. The van der Waals surface area contributed by atoms with Gasteiger partial charge in [-0.2, -0.15) is 0 Å². The van der Waals surface area contributed by atoms with Gasteiger partial charge in [0.1, 0.15) is 11.5 Å². The molecule has 5 heteroatoms. The molecule has 0 atom stereocenters. The Bertz CT molecular complexity index is 635. The van der Waals surface area contributed by atoms with E-state index in [1.807, 2.05) is 36.4 Å². The van der Waals surface area contributed by atoms with Crippen LogP contribution in [0.15, 0.2) is 42.5 Å². The van der Waals surface area contributed by atoms with Crippen molar-refractivity contribution < 1.29 is 9.47 Å². The lowest BCUT2D eigenvalue weighted by molar-refractivity contribution is 0.390. The van der Waals surface area contributed by atoms with Crippen LogP contribution in [-0.2, 0) is 13.0 Å². The molecule has 4 nitrogen and oxygen atoms in total. The van der Waals surface area contributed by atoms with Crippen molar-refractivity contribution in [2.24, 2.45) is 0 Å². The quantitative estimate of drug-likeness (QED) is 0.647. The minimum atomic E-state index is 0.763. The first-order chi connectivity index (χ1) is 11.7. The Hall–Kier alpha value is -1.75. The van der Waals surface area contributed by atoms with Gasteiger partial charge < -0.3 is 20.1 Å². The number of hydrogen-bond donors (Lipinski definition) is 2. The second-order valence-corrected chi connectivity index (χ2v) is 5.85. The number of benzene rings is 2. The summed E-state index contributed by atoms with van der Waals surface area (Å²) in [5.41, 5.74) is 2.30. The van der Waals surface area contributed by atoms with Crippen LogP contribution in [0.1, 0.15) is 11.1 Å². The summed E-state index contributed by atoms with van der Waals surface area (Å²) >= 11 is 6.14. The Morgan fingerprint density at radius 1 is 0.875 bits per heavy atom. The summed E-state index contributed by atoms with van der Waals surface area (Å²) in [7, 11) is 3.33. The minimum absolute atomic E-state index is 0.763. The Kier molecular flexibility index (Phi) is 7.89. The van der Waals surface area contributed by atoms with Crippen LogP contribution < -0.4 is 20.1 Å². The Labute approximate surface area is 149 Å². The summed E-state index contributed by atoms with van der Waals surface area (Å²) < 4.78 is 10.6. The van der Waals surface area contributed by atoms with Gasteiger partial charge in [-0.3, -0.25) is 0 Å². The molecule has 2 aromatic carbocycles. The molecule has 0 radical (unpaired) electrons. The predicted octanol–water partition coefficient (Wildman–Crippen LogP) is 3.28. The maximum atomic E-state index is 6.14. The van der Waals surface area contributed by atoms with Crippen LogP contribution in [0.2, 0.25) is 5.02 Å². The molecule has 0 saturated carbocycles. The molecular weight excluding hydrogens is 324 g/mol. The van der Waals surface area contributed by atoms with Gasteiger partial charge in [0, 0.05) is 36.3 Å². The zero-order valence-corrected chi connectivity index (χ0v) is 15.0. The molecule has 0 bridgehead atoms. The monoisotopic (exact) mass is 348 g/mol. The number of methoxy groups -OCH3 is 2. The summed E-state index contributed by atoms with van der Waals surface area (Å²) in [5, 5.41) is 7.67. The first-order valence-electron chi connectivity index (χ1n) is 8.10. The fourth-order valence-corrected chi connectivity index (χ4v) is 2.68. The zero-order chi connectivity index (χ0) is 17.2. The zero-order valence-electron chi connectivity index (χ0n) is 14.3. The second kappa shape index (κ2) is 10.2. The summed E-state index contributed by atoms with van der Waals surface area (Å²) in [6.45, 7) is 3.47. The summed E-state index contributed by atoms with van der Waals surface area (Å²) in [6.07, 6.45) is 0.936. The van der Waals surface area contributed by atoms with Crippen molar-refractivity contribution in [3.63, 3.8) is 0 Å². The molecule has 130 valence electrons. The number of rotatable bonds is 10. The summed E-state index contributed by atoms with van der Waals surface area (Å²) in [6, 6.07) is 13.8. The molecule has 24 heavy (non-hydrogen) atoms. The third-order valence-electron chi connectivity index (χ3n) is 3.82. The van der Waals surface area contributed by atoms with Crippen LogP contribution >= 0.6 is 11.6 Å². The standard InChI is InChI=1S/C19H25ClN2O2/c1-23-17-8-7-16(19(13-17)24-2)14-22-12-11-21-10-9-15-5-3-4-6-18(15)20/h3-8,13,21-22H,9-12,14H2,1-2H3. The van der Waals surface area contributed by atoms with Crippen molar-refractivity contribution in [1.29, 1.82) is 0 Å². The van der Waals surface area contributed by atoms with Gasteiger partial charge in [0.05, 0.1) is 14.2 Å². The van der Waals surface area contributed by atoms with Gasteiger partial charge in [0.15, 0.2) is 0 Å². The van der Waals surface area contributed by atoms with Crippen LogP contribution in [0.25, 0.3) is 0 Å². The van der Waals surface area contributed by atoms with E-state index >= 15 is 0 Å². The van der Waals surface area contributed by atoms with Crippen LogP contribution in [0.4, 0.5) is 0 Å². The smallest absolute Gasteiger partial charge is 0.127 e. The van der Waals surface area contributed by atoms with E-state index in [0.29, 0.717) is 0 Å². The highest BCUT2D eigenvalue weighted by Crippen LogP contribution is 2.24. The molecule has 0 fully saturated rings. The normalized spacial score (nSPS) is 10.6. The van der Waals surface area contributed by atoms with E-state index in [2.05, 4.69) is 16.7 Å². The van der Waals surface area contributed by atoms with Crippen LogP contribution in [0.5, 0.6) is 11.5 Å². The molecule has 0 aromatic heterocycles. The van der Waals surface area contributed by atoms with Crippen molar-refractivity contribution in [1.82, 2.24) is 10.6 Å². The number of halogens is 1. The number of hydrogen-bond acceptors (Lipinski definition) is 4. The Morgan fingerprint density at radius 3 is 2.42 bits per heavy atom. The Morgan fingerprint density at radius 2 is 1.67 bits per heavy atom. The summed E-state index contributed by atoms with van der Waals surface area (Å²) in [4.78, 5) is 0. The van der Waals surface area contributed by atoms with E-state index < -0.39 is 0 Å². The molecule has 2 rings (SSSR count). The van der Waals surface area contributed by atoms with Gasteiger partial charge in [-0.1, -0.05) is 35.9 Å². The third-order valence-corrected chi connectivity index (χ3v) is 4.19. The van der Waals surface area contributed by atoms with Crippen molar-refractivity contribution in [2.45, 2.75) is 13.0 Å². The molecule has 0 spiro atoms. The number of nitrogens with one attached hydrogen (secondary N) is 2. The molecule has 0 amide bonds. The second-order valence-electron chi connectivity index (χ2n) is 5.45. The minimum Gasteiger partial charge on any atom is -0.497 e. The first-order valence-corrected chi connectivity index (χ1v) is 8.48. The average molecular weight is 349 g/mol. The lowest BCUT2D eigenvalue weighted by atomic mass is 10.1. The van der Waals surface area contributed by atoms with Crippen LogP contribution in [0.3, 0.4) is 0 Å². The van der Waals surface area contributed by atoms with Crippen molar-refractivity contribution >= 4 is 11.6 Å². The van der Waals surface area contributed by atoms with E-state index in [-0.39, 0.29) is 0 Å². The first kappa shape index (κ1) is 18.6. The molecule has 0 heterocycles. The van der Waals surface area contributed by atoms with Gasteiger partial charge >= 0.3 is 0 Å². The molecule has 2 aromatic rings. The van der Waals surface area contributed by atoms with E-state index in [1.54, 1.807) is 14.2 Å². The molecule has 0 saturated heterocycles. The topological polar surface area (TPSA) is 42.5 Å². The van der Waals surface area contributed by atoms with Crippen LogP contribution in [0, 0.1) is 0 Å². The van der Waals surface area contributed by atoms with Crippen molar-refractivity contribution in [3.8, 4) is 11.5 Å². The fourth-order valence-electron chi connectivity index (χ4n) is 2.45. The van der Waals surface area contributed by atoms with E-state index in [1.165, 1.54) is 5.56 Å². The van der Waals surface area contributed by atoms with Crippen molar-refractivity contribution in [2.75, 3.05) is 33.9 Å². The molecule has 0 aliphatic rings. The predicted molar refractivity (Wildman–Crippen MR) is 99.3 cm³/mol. The highest BCUT2D eigenvalue weighted by Gasteiger charge is 2.04. The van der Waals surface area contributed by atoms with Crippen molar-refractivity contribution in [3.05, 3.63) is 58.6 Å². The summed E-state index contributed by atoms with van der Waals surface area (Å²) in [5.74, 6) is 1.64. The maximum Gasteiger partial charge on any atom is 0.127 e. The van der Waals surface area contributed by atoms with E-state index in [0.717, 1.165) is 54.7 Å². The highest BCUT2D eigenvalue weighted by atomic mass is 35.5. The van der Waals surface area contributed by atoms with Gasteiger partial charge in [-0.15, -0.1) is 0 Å². The molecule has 0 aliphatic heterocycles.